The second-order valence-corrected chi connectivity index (χ2v) is 5.21. The Morgan fingerprint density at radius 2 is 1.89 bits per heavy atom. The minimum absolute atomic E-state index is 0.166. The summed E-state index contributed by atoms with van der Waals surface area (Å²) in [5, 5.41) is 3.32. The molecule has 0 aromatic rings. The highest BCUT2D eigenvalue weighted by Gasteiger charge is 2.20. The molecule has 0 aliphatic carbocycles. The number of guanidine groups is 1. The van der Waals surface area contributed by atoms with Crippen LogP contribution < -0.4 is 5.32 Å². The van der Waals surface area contributed by atoms with Gasteiger partial charge >= 0.3 is 0 Å². The Hall–Kier alpha value is -0.910. The van der Waals surface area contributed by atoms with E-state index >= 15 is 0 Å². The van der Waals surface area contributed by atoms with Crippen molar-refractivity contribution >= 4 is 23.6 Å². The van der Waals surface area contributed by atoms with Crippen molar-refractivity contribution in [2.45, 2.75) is 13.8 Å². The van der Waals surface area contributed by atoms with E-state index in [1.165, 1.54) is 0 Å². The molecule has 1 saturated heterocycles. The largest absolute Gasteiger partial charge is 0.357 e. The Morgan fingerprint density at radius 1 is 1.28 bits per heavy atom. The van der Waals surface area contributed by atoms with E-state index in [0.29, 0.717) is 0 Å². The number of aliphatic imine (C=N–C) groups is 1. The number of nitrogens with zero attached hydrogens (tertiary/aromatic N) is 3. The standard InChI is InChI=1S/C12H24N4OS/c1-4-13-12(14-5-10-18-3)16-8-6-15(7-9-16)11(2)17/h4-10H2,1-3H3,(H,13,14). The third-order valence-electron chi connectivity index (χ3n) is 2.92. The fourth-order valence-corrected chi connectivity index (χ4v) is 2.18. The fourth-order valence-electron chi connectivity index (χ4n) is 1.90. The zero-order valence-electron chi connectivity index (χ0n) is 11.6. The molecule has 0 radical (unpaired) electrons. The average Bonchev–Trinajstić information content (AvgIpc) is 2.38. The van der Waals surface area contributed by atoms with Gasteiger partial charge in [-0.25, -0.2) is 0 Å². The first-order chi connectivity index (χ1) is 8.69. The van der Waals surface area contributed by atoms with Crippen LogP contribution in [-0.2, 0) is 4.79 Å². The summed E-state index contributed by atoms with van der Waals surface area (Å²) >= 11 is 1.81. The van der Waals surface area contributed by atoms with Crippen molar-refractivity contribution in [2.24, 2.45) is 4.99 Å². The Labute approximate surface area is 114 Å². The lowest BCUT2D eigenvalue weighted by molar-refractivity contribution is -0.130. The van der Waals surface area contributed by atoms with Gasteiger partial charge in [-0.05, 0) is 13.2 Å². The first-order valence-corrected chi connectivity index (χ1v) is 7.86. The molecule has 6 heteroatoms. The molecular formula is C12H24N4OS. The molecule has 1 aliphatic heterocycles. The van der Waals surface area contributed by atoms with Crippen molar-refractivity contribution < 1.29 is 4.79 Å². The van der Waals surface area contributed by atoms with Gasteiger partial charge in [0.05, 0.1) is 6.54 Å². The van der Waals surface area contributed by atoms with Crippen LogP contribution in [-0.4, -0.2) is 72.9 Å². The summed E-state index contributed by atoms with van der Waals surface area (Å²) in [5.41, 5.74) is 0. The molecule has 1 rings (SSSR count). The summed E-state index contributed by atoms with van der Waals surface area (Å²) in [6.45, 7) is 8.75. The van der Waals surface area contributed by atoms with E-state index in [0.717, 1.165) is 51.0 Å². The molecule has 5 nitrogen and oxygen atoms in total. The van der Waals surface area contributed by atoms with E-state index in [2.05, 4.69) is 28.4 Å². The maximum absolute atomic E-state index is 11.3. The van der Waals surface area contributed by atoms with Crippen LogP contribution in [0.5, 0.6) is 0 Å². The van der Waals surface area contributed by atoms with Gasteiger partial charge in [-0.3, -0.25) is 9.79 Å². The van der Waals surface area contributed by atoms with E-state index in [1.807, 2.05) is 4.90 Å². The van der Waals surface area contributed by atoms with Crippen LogP contribution in [0.1, 0.15) is 13.8 Å². The number of piperazine rings is 1. The molecule has 0 unspecified atom stereocenters. The predicted molar refractivity (Wildman–Crippen MR) is 78.2 cm³/mol. The van der Waals surface area contributed by atoms with E-state index in [4.69, 9.17) is 0 Å². The predicted octanol–water partition coefficient (Wildman–Crippen LogP) is 0.479. The average molecular weight is 272 g/mol. The molecule has 18 heavy (non-hydrogen) atoms. The smallest absolute Gasteiger partial charge is 0.219 e. The highest BCUT2D eigenvalue weighted by atomic mass is 32.2. The Bertz CT molecular complexity index is 288. The number of carbonyl (C=O) groups is 1. The number of hydrogen-bond acceptors (Lipinski definition) is 3. The summed E-state index contributed by atoms with van der Waals surface area (Å²) in [4.78, 5) is 20.0. The maximum Gasteiger partial charge on any atom is 0.219 e. The normalized spacial score (nSPS) is 16.9. The Balaban J connectivity index is 2.49. The van der Waals surface area contributed by atoms with Crippen molar-refractivity contribution in [3.05, 3.63) is 0 Å². The monoisotopic (exact) mass is 272 g/mol. The Kier molecular flexibility index (Phi) is 6.93. The second kappa shape index (κ2) is 8.24. The van der Waals surface area contributed by atoms with Crippen LogP contribution in [0.25, 0.3) is 0 Å². The lowest BCUT2D eigenvalue weighted by atomic mass is 10.3. The number of rotatable bonds is 4. The number of nitrogens with one attached hydrogen (secondary N) is 1. The van der Waals surface area contributed by atoms with E-state index in [-0.39, 0.29) is 5.91 Å². The van der Waals surface area contributed by atoms with E-state index in [9.17, 15) is 4.79 Å². The molecule has 0 bridgehead atoms. The second-order valence-electron chi connectivity index (χ2n) is 4.22. The minimum Gasteiger partial charge on any atom is -0.357 e. The molecule has 0 spiro atoms. The van der Waals surface area contributed by atoms with Gasteiger partial charge in [0.25, 0.3) is 0 Å². The molecule has 0 aromatic carbocycles. The van der Waals surface area contributed by atoms with Crippen LogP contribution >= 0.6 is 11.8 Å². The molecule has 1 heterocycles. The van der Waals surface area contributed by atoms with Crippen molar-refractivity contribution in [1.29, 1.82) is 0 Å². The number of carbonyl (C=O) groups excluding carboxylic acids is 1. The third-order valence-corrected chi connectivity index (χ3v) is 3.51. The van der Waals surface area contributed by atoms with Gasteiger partial charge in [-0.15, -0.1) is 0 Å². The van der Waals surface area contributed by atoms with Crippen LogP contribution in [0, 0.1) is 0 Å². The molecule has 0 aromatic heterocycles. The topological polar surface area (TPSA) is 47.9 Å². The molecule has 0 atom stereocenters. The summed E-state index contributed by atoms with van der Waals surface area (Å²) in [5.74, 6) is 2.19. The zero-order valence-corrected chi connectivity index (χ0v) is 12.4. The third kappa shape index (κ3) is 4.76. The van der Waals surface area contributed by atoms with Crippen molar-refractivity contribution in [1.82, 2.24) is 15.1 Å². The van der Waals surface area contributed by atoms with E-state index in [1.54, 1.807) is 18.7 Å². The first kappa shape index (κ1) is 15.1. The van der Waals surface area contributed by atoms with Crippen molar-refractivity contribution in [2.75, 3.05) is 51.3 Å². The quantitative estimate of drug-likeness (QED) is 0.459. The summed E-state index contributed by atoms with van der Waals surface area (Å²) in [7, 11) is 0. The van der Waals surface area contributed by atoms with Gasteiger partial charge < -0.3 is 15.1 Å². The van der Waals surface area contributed by atoms with Crippen LogP contribution in [0.4, 0.5) is 0 Å². The van der Waals surface area contributed by atoms with Gasteiger partial charge in [0, 0.05) is 45.4 Å². The molecule has 104 valence electrons. The molecule has 1 N–H and O–H groups in total. The van der Waals surface area contributed by atoms with E-state index < -0.39 is 0 Å². The molecular weight excluding hydrogens is 248 g/mol. The SMILES string of the molecule is CCNC(=NCCSC)N1CCN(C(C)=O)CC1. The number of hydrogen-bond donors (Lipinski definition) is 1. The zero-order chi connectivity index (χ0) is 13.4. The minimum atomic E-state index is 0.166. The molecule has 1 fully saturated rings. The van der Waals surface area contributed by atoms with Gasteiger partial charge in [0.15, 0.2) is 5.96 Å². The molecule has 1 aliphatic rings. The van der Waals surface area contributed by atoms with Crippen LogP contribution in [0.2, 0.25) is 0 Å². The van der Waals surface area contributed by atoms with Gasteiger partial charge in [-0.2, -0.15) is 11.8 Å². The summed E-state index contributed by atoms with van der Waals surface area (Å²) < 4.78 is 0. The first-order valence-electron chi connectivity index (χ1n) is 6.46. The highest BCUT2D eigenvalue weighted by molar-refractivity contribution is 7.98. The van der Waals surface area contributed by atoms with Gasteiger partial charge in [0.2, 0.25) is 5.91 Å². The molecule has 1 amide bonds. The summed E-state index contributed by atoms with van der Waals surface area (Å²) in [6.07, 6.45) is 2.09. The van der Waals surface area contributed by atoms with Gasteiger partial charge in [-0.1, -0.05) is 0 Å². The lowest BCUT2D eigenvalue weighted by Crippen LogP contribution is -2.53. The number of amides is 1. The Morgan fingerprint density at radius 3 is 2.39 bits per heavy atom. The highest BCUT2D eigenvalue weighted by Crippen LogP contribution is 2.03. The number of thioether (sulfide) groups is 1. The summed E-state index contributed by atoms with van der Waals surface area (Å²) in [6, 6.07) is 0. The van der Waals surface area contributed by atoms with Crippen molar-refractivity contribution in [3.63, 3.8) is 0 Å². The van der Waals surface area contributed by atoms with Crippen molar-refractivity contribution in [3.8, 4) is 0 Å². The van der Waals surface area contributed by atoms with Gasteiger partial charge in [0.1, 0.15) is 0 Å². The van der Waals surface area contributed by atoms with Crippen LogP contribution in [0.3, 0.4) is 0 Å². The lowest BCUT2D eigenvalue weighted by Gasteiger charge is -2.36. The fraction of sp³-hybridized carbons (Fsp3) is 0.833. The van der Waals surface area contributed by atoms with Crippen LogP contribution in [0.15, 0.2) is 4.99 Å². The molecule has 0 saturated carbocycles. The maximum atomic E-state index is 11.3.